The quantitative estimate of drug-likeness (QED) is 0.739. The van der Waals surface area contributed by atoms with Gasteiger partial charge in [-0.05, 0) is 18.0 Å². The summed E-state index contributed by atoms with van der Waals surface area (Å²) in [6.45, 7) is 8.42. The van der Waals surface area contributed by atoms with Gasteiger partial charge in [0.2, 0.25) is 0 Å². The minimum atomic E-state index is 0.169. The Labute approximate surface area is 94.9 Å². The summed E-state index contributed by atoms with van der Waals surface area (Å²) >= 11 is 7.66. The second-order valence-electron chi connectivity index (χ2n) is 3.86. The average molecular weight is 233 g/mol. The summed E-state index contributed by atoms with van der Waals surface area (Å²) in [5.41, 5.74) is 0. The summed E-state index contributed by atoms with van der Waals surface area (Å²) in [6.07, 6.45) is 0.972. The number of aromatic nitrogens is 2. The van der Waals surface area contributed by atoms with Crippen LogP contribution in [0.4, 0.5) is 0 Å². The predicted molar refractivity (Wildman–Crippen MR) is 62.3 cm³/mol. The highest BCUT2D eigenvalue weighted by Crippen LogP contribution is 2.27. The first kappa shape index (κ1) is 11.9. The molecule has 0 bridgehead atoms. The second-order valence-corrected chi connectivity index (χ2v) is 5.20. The molecule has 0 saturated carbocycles. The maximum absolute atomic E-state index is 6.18. The number of rotatable bonds is 4. The van der Waals surface area contributed by atoms with Crippen LogP contribution in [0.1, 0.15) is 56.8 Å². The van der Waals surface area contributed by atoms with Crippen LogP contribution < -0.4 is 0 Å². The lowest BCUT2D eigenvalue weighted by molar-refractivity contribution is 0.663. The zero-order chi connectivity index (χ0) is 10.7. The van der Waals surface area contributed by atoms with Crippen LogP contribution in [0, 0.1) is 0 Å². The Kier molecular flexibility index (Phi) is 4.32. The van der Waals surface area contributed by atoms with Gasteiger partial charge in [-0.3, -0.25) is 0 Å². The monoisotopic (exact) mass is 232 g/mol. The van der Waals surface area contributed by atoms with E-state index in [2.05, 4.69) is 37.1 Å². The normalized spacial score (nSPS) is 15.9. The molecule has 2 nitrogen and oxygen atoms in total. The molecule has 2 unspecified atom stereocenters. The Morgan fingerprint density at radius 2 is 2.00 bits per heavy atom. The molecular weight excluding hydrogens is 216 g/mol. The van der Waals surface area contributed by atoms with Crippen molar-refractivity contribution in [3.8, 4) is 0 Å². The van der Waals surface area contributed by atoms with Crippen molar-refractivity contribution in [1.29, 1.82) is 0 Å². The molecule has 0 N–H and O–H groups in total. The van der Waals surface area contributed by atoms with Crippen LogP contribution in [-0.4, -0.2) is 14.7 Å². The standard InChI is InChI=1S/C10H17ClN2S/c1-5-8(11)7(4)10-12-9(6(2)3)13-14-10/h6-8H,5H2,1-4H3. The number of halogens is 1. The molecule has 1 heterocycles. The molecule has 1 rings (SSSR count). The lowest BCUT2D eigenvalue weighted by atomic mass is 10.1. The lowest BCUT2D eigenvalue weighted by Crippen LogP contribution is -2.08. The maximum Gasteiger partial charge on any atom is 0.145 e. The topological polar surface area (TPSA) is 25.8 Å². The van der Waals surface area contributed by atoms with Crippen molar-refractivity contribution in [1.82, 2.24) is 9.36 Å². The summed E-state index contributed by atoms with van der Waals surface area (Å²) in [5, 5.41) is 1.23. The Bertz CT molecular complexity index is 285. The second kappa shape index (κ2) is 5.08. The fourth-order valence-electron chi connectivity index (χ4n) is 1.17. The van der Waals surface area contributed by atoms with E-state index in [4.69, 9.17) is 11.6 Å². The molecule has 1 aromatic rings. The third-order valence-corrected chi connectivity index (χ3v) is 3.91. The Balaban J connectivity index is 2.76. The molecular formula is C10H17ClN2S. The van der Waals surface area contributed by atoms with Crippen molar-refractivity contribution < 1.29 is 0 Å². The minimum absolute atomic E-state index is 0.169. The molecule has 0 radical (unpaired) electrons. The summed E-state index contributed by atoms with van der Waals surface area (Å²) in [4.78, 5) is 4.50. The maximum atomic E-state index is 6.18. The molecule has 1 aromatic heterocycles. The highest BCUT2D eigenvalue weighted by atomic mass is 35.5. The first-order chi connectivity index (χ1) is 6.56. The SMILES string of the molecule is CCC(Cl)C(C)c1nc(C(C)C)ns1. The van der Waals surface area contributed by atoms with Crippen molar-refractivity contribution in [3.63, 3.8) is 0 Å². The fourth-order valence-corrected chi connectivity index (χ4v) is 2.27. The van der Waals surface area contributed by atoms with Gasteiger partial charge in [0.1, 0.15) is 10.8 Å². The molecule has 2 atom stereocenters. The number of hydrogen-bond donors (Lipinski definition) is 0. The van der Waals surface area contributed by atoms with E-state index in [1.54, 1.807) is 0 Å². The Morgan fingerprint density at radius 1 is 1.36 bits per heavy atom. The summed E-state index contributed by atoms with van der Waals surface area (Å²) in [7, 11) is 0. The molecule has 0 fully saturated rings. The molecule has 4 heteroatoms. The molecule has 0 aliphatic rings. The lowest BCUT2D eigenvalue weighted by Gasteiger charge is -2.12. The molecule has 14 heavy (non-hydrogen) atoms. The van der Waals surface area contributed by atoms with E-state index in [1.165, 1.54) is 11.5 Å². The minimum Gasteiger partial charge on any atom is -0.224 e. The molecule has 0 spiro atoms. The van der Waals surface area contributed by atoms with E-state index in [-0.39, 0.29) is 5.38 Å². The Hall–Kier alpha value is -0.150. The van der Waals surface area contributed by atoms with Crippen LogP contribution in [-0.2, 0) is 0 Å². The zero-order valence-corrected chi connectivity index (χ0v) is 10.7. The van der Waals surface area contributed by atoms with E-state index >= 15 is 0 Å². The van der Waals surface area contributed by atoms with E-state index in [0.29, 0.717) is 11.8 Å². The van der Waals surface area contributed by atoms with Crippen molar-refractivity contribution in [2.45, 2.75) is 51.3 Å². The van der Waals surface area contributed by atoms with Gasteiger partial charge in [0, 0.05) is 17.2 Å². The van der Waals surface area contributed by atoms with Gasteiger partial charge >= 0.3 is 0 Å². The van der Waals surface area contributed by atoms with E-state index in [9.17, 15) is 0 Å². The highest BCUT2D eigenvalue weighted by Gasteiger charge is 2.19. The third kappa shape index (κ3) is 2.67. The predicted octanol–water partition coefficient (Wildman–Crippen LogP) is 3.78. The smallest absolute Gasteiger partial charge is 0.145 e. The van der Waals surface area contributed by atoms with E-state index in [0.717, 1.165) is 17.3 Å². The molecule has 0 aromatic carbocycles. The van der Waals surface area contributed by atoms with Gasteiger partial charge < -0.3 is 0 Å². The van der Waals surface area contributed by atoms with Crippen LogP contribution in [0.2, 0.25) is 0 Å². The van der Waals surface area contributed by atoms with Crippen LogP contribution in [0.5, 0.6) is 0 Å². The van der Waals surface area contributed by atoms with Crippen molar-refractivity contribution in [2.75, 3.05) is 0 Å². The Morgan fingerprint density at radius 3 is 2.43 bits per heavy atom. The largest absolute Gasteiger partial charge is 0.224 e. The van der Waals surface area contributed by atoms with Crippen LogP contribution in [0.3, 0.4) is 0 Å². The van der Waals surface area contributed by atoms with Gasteiger partial charge in [-0.15, -0.1) is 11.6 Å². The van der Waals surface area contributed by atoms with Gasteiger partial charge in [0.25, 0.3) is 0 Å². The summed E-state index contributed by atoms with van der Waals surface area (Å²) < 4.78 is 4.33. The van der Waals surface area contributed by atoms with Crippen molar-refractivity contribution in [3.05, 3.63) is 10.8 Å². The molecule has 80 valence electrons. The summed E-state index contributed by atoms with van der Waals surface area (Å²) in [5.74, 6) is 1.66. The van der Waals surface area contributed by atoms with Crippen LogP contribution >= 0.6 is 23.1 Å². The average Bonchev–Trinajstić information content (AvgIpc) is 2.64. The first-order valence-electron chi connectivity index (χ1n) is 5.03. The van der Waals surface area contributed by atoms with Gasteiger partial charge in [0.05, 0.1) is 0 Å². The van der Waals surface area contributed by atoms with E-state index < -0.39 is 0 Å². The third-order valence-electron chi connectivity index (χ3n) is 2.30. The van der Waals surface area contributed by atoms with Crippen LogP contribution in [0.25, 0.3) is 0 Å². The molecule has 0 aliphatic heterocycles. The van der Waals surface area contributed by atoms with Crippen molar-refractivity contribution in [2.24, 2.45) is 0 Å². The van der Waals surface area contributed by atoms with Gasteiger partial charge in [-0.1, -0.05) is 27.7 Å². The molecule has 0 saturated heterocycles. The number of nitrogens with zero attached hydrogens (tertiary/aromatic N) is 2. The molecule has 0 amide bonds. The van der Waals surface area contributed by atoms with Gasteiger partial charge in [-0.2, -0.15) is 4.37 Å². The fraction of sp³-hybridized carbons (Fsp3) is 0.800. The molecule has 0 aliphatic carbocycles. The van der Waals surface area contributed by atoms with Gasteiger partial charge in [0.15, 0.2) is 0 Å². The number of hydrogen-bond acceptors (Lipinski definition) is 3. The summed E-state index contributed by atoms with van der Waals surface area (Å²) in [6, 6.07) is 0. The van der Waals surface area contributed by atoms with E-state index in [1.807, 2.05) is 0 Å². The zero-order valence-electron chi connectivity index (χ0n) is 9.12. The van der Waals surface area contributed by atoms with Gasteiger partial charge in [-0.25, -0.2) is 4.98 Å². The number of alkyl halides is 1. The highest BCUT2D eigenvalue weighted by molar-refractivity contribution is 7.05. The van der Waals surface area contributed by atoms with Crippen molar-refractivity contribution >= 4 is 23.1 Å². The van der Waals surface area contributed by atoms with Crippen LogP contribution in [0.15, 0.2) is 0 Å². The first-order valence-corrected chi connectivity index (χ1v) is 6.24.